The fraction of sp³-hybridized carbons (Fsp3) is 0.400. The van der Waals surface area contributed by atoms with Gasteiger partial charge in [0, 0.05) is 6.92 Å². The summed E-state index contributed by atoms with van der Waals surface area (Å²) in [6.07, 6.45) is 1.90. The molecule has 0 N–H and O–H groups in total. The van der Waals surface area contributed by atoms with Crippen LogP contribution < -0.4 is 4.57 Å². The number of halogens is 1. The SMILES string of the molecule is Cc1sc(Cl)c[n+]1C. The van der Waals surface area contributed by atoms with Gasteiger partial charge in [-0.05, 0) is 0 Å². The lowest BCUT2D eigenvalue weighted by Crippen LogP contribution is -2.26. The van der Waals surface area contributed by atoms with Crippen molar-refractivity contribution in [3.8, 4) is 0 Å². The summed E-state index contributed by atoms with van der Waals surface area (Å²) in [7, 11) is 1.98. The van der Waals surface area contributed by atoms with E-state index in [9.17, 15) is 0 Å². The molecular weight excluding hydrogens is 142 g/mol. The lowest BCUT2D eigenvalue weighted by molar-refractivity contribution is -0.672. The van der Waals surface area contributed by atoms with Gasteiger partial charge in [-0.2, -0.15) is 4.57 Å². The first-order valence-electron chi connectivity index (χ1n) is 2.31. The number of thiazole rings is 1. The zero-order valence-corrected chi connectivity index (χ0v) is 6.38. The third-order valence-electron chi connectivity index (χ3n) is 1.04. The molecule has 1 aromatic rings. The highest BCUT2D eigenvalue weighted by molar-refractivity contribution is 7.15. The zero-order chi connectivity index (χ0) is 6.15. The molecule has 1 nitrogen and oxygen atoms in total. The van der Waals surface area contributed by atoms with Crippen LogP contribution in [-0.2, 0) is 7.05 Å². The summed E-state index contributed by atoms with van der Waals surface area (Å²) in [5, 5.41) is 1.23. The summed E-state index contributed by atoms with van der Waals surface area (Å²) in [5.41, 5.74) is 0. The molecule has 1 aromatic heterocycles. The topological polar surface area (TPSA) is 3.88 Å². The van der Waals surface area contributed by atoms with Gasteiger partial charge in [-0.1, -0.05) is 22.9 Å². The van der Waals surface area contributed by atoms with E-state index in [0.717, 1.165) is 4.34 Å². The van der Waals surface area contributed by atoms with Crippen molar-refractivity contribution >= 4 is 22.9 Å². The molecule has 1 heterocycles. The molecule has 0 spiro atoms. The van der Waals surface area contributed by atoms with E-state index in [1.807, 2.05) is 24.7 Å². The molecule has 0 aliphatic rings. The molecule has 0 bridgehead atoms. The highest BCUT2D eigenvalue weighted by atomic mass is 35.5. The molecule has 0 amide bonds. The van der Waals surface area contributed by atoms with Crippen molar-refractivity contribution in [2.75, 3.05) is 0 Å². The fourth-order valence-electron chi connectivity index (χ4n) is 0.483. The number of nitrogens with zero attached hydrogens (tertiary/aromatic N) is 1. The van der Waals surface area contributed by atoms with Gasteiger partial charge in [0.2, 0.25) is 5.01 Å². The summed E-state index contributed by atoms with van der Waals surface area (Å²) >= 11 is 7.26. The Labute approximate surface area is 57.5 Å². The standard InChI is InChI=1S/C5H7ClNS/c1-4-7(2)3-5(6)8-4/h3H,1-2H3/q+1. The molecule has 0 aromatic carbocycles. The number of hydrogen-bond donors (Lipinski definition) is 0. The predicted molar refractivity (Wildman–Crippen MR) is 35.2 cm³/mol. The van der Waals surface area contributed by atoms with E-state index in [1.54, 1.807) is 11.3 Å². The largest absolute Gasteiger partial charge is 0.235 e. The molecule has 0 radical (unpaired) electrons. The van der Waals surface area contributed by atoms with Crippen LogP contribution in [0.5, 0.6) is 0 Å². The summed E-state index contributed by atoms with van der Waals surface area (Å²) in [5.74, 6) is 0. The van der Waals surface area contributed by atoms with Gasteiger partial charge in [-0.25, -0.2) is 0 Å². The first-order valence-corrected chi connectivity index (χ1v) is 3.51. The van der Waals surface area contributed by atoms with Crippen LogP contribution in [-0.4, -0.2) is 0 Å². The number of hydrogen-bond acceptors (Lipinski definition) is 1. The van der Waals surface area contributed by atoms with Crippen LogP contribution in [0, 0.1) is 6.92 Å². The summed E-state index contributed by atoms with van der Waals surface area (Å²) in [4.78, 5) is 0. The third kappa shape index (κ3) is 1.01. The van der Waals surface area contributed by atoms with E-state index in [4.69, 9.17) is 11.6 Å². The van der Waals surface area contributed by atoms with Crippen molar-refractivity contribution in [2.45, 2.75) is 6.92 Å². The second-order valence-electron chi connectivity index (χ2n) is 1.67. The van der Waals surface area contributed by atoms with Crippen molar-refractivity contribution in [2.24, 2.45) is 7.05 Å². The Morgan fingerprint density at radius 3 is 2.50 bits per heavy atom. The second kappa shape index (κ2) is 2.03. The van der Waals surface area contributed by atoms with Gasteiger partial charge >= 0.3 is 0 Å². The molecule has 3 heteroatoms. The van der Waals surface area contributed by atoms with Crippen LogP contribution in [0.3, 0.4) is 0 Å². The summed E-state index contributed by atoms with van der Waals surface area (Å²) in [6.45, 7) is 2.04. The van der Waals surface area contributed by atoms with Crippen molar-refractivity contribution < 1.29 is 4.57 Å². The molecule has 0 aliphatic heterocycles. The average Bonchev–Trinajstić information content (AvgIpc) is 1.85. The third-order valence-corrected chi connectivity index (χ3v) is 2.25. The minimum atomic E-state index is 0.852. The van der Waals surface area contributed by atoms with E-state index < -0.39 is 0 Å². The summed E-state index contributed by atoms with van der Waals surface area (Å²) in [6, 6.07) is 0. The van der Waals surface area contributed by atoms with Crippen LogP contribution in [0.15, 0.2) is 6.20 Å². The van der Waals surface area contributed by atoms with Crippen molar-refractivity contribution in [1.82, 2.24) is 0 Å². The summed E-state index contributed by atoms with van der Waals surface area (Å²) < 4.78 is 2.86. The van der Waals surface area contributed by atoms with Crippen molar-refractivity contribution in [3.05, 3.63) is 15.5 Å². The molecule has 0 aliphatic carbocycles. The molecule has 0 saturated heterocycles. The first kappa shape index (κ1) is 6.05. The van der Waals surface area contributed by atoms with Crippen molar-refractivity contribution in [3.63, 3.8) is 0 Å². The molecule has 0 fully saturated rings. The van der Waals surface area contributed by atoms with E-state index in [-0.39, 0.29) is 0 Å². The lowest BCUT2D eigenvalue weighted by atomic mass is 10.8. The number of aromatic nitrogens is 1. The Balaban J connectivity index is 3.14. The maximum absolute atomic E-state index is 5.66. The highest BCUT2D eigenvalue weighted by Gasteiger charge is 2.04. The quantitative estimate of drug-likeness (QED) is 0.492. The minimum Gasteiger partial charge on any atom is -0.194 e. The van der Waals surface area contributed by atoms with Crippen LogP contribution in [0.1, 0.15) is 5.01 Å². The Morgan fingerprint density at radius 1 is 1.75 bits per heavy atom. The number of rotatable bonds is 0. The second-order valence-corrected chi connectivity index (χ2v) is 3.53. The molecule has 0 saturated carbocycles. The Morgan fingerprint density at radius 2 is 2.38 bits per heavy atom. The van der Waals surface area contributed by atoms with Crippen LogP contribution in [0.2, 0.25) is 4.34 Å². The van der Waals surface area contributed by atoms with Gasteiger partial charge in [0.1, 0.15) is 7.05 Å². The monoisotopic (exact) mass is 148 g/mol. The first-order chi connectivity index (χ1) is 3.70. The number of aryl methyl sites for hydroxylation is 2. The van der Waals surface area contributed by atoms with Gasteiger partial charge in [0.05, 0.1) is 0 Å². The minimum absolute atomic E-state index is 0.852. The highest BCUT2D eigenvalue weighted by Crippen LogP contribution is 2.14. The Bertz CT molecular complexity index is 175. The van der Waals surface area contributed by atoms with Gasteiger partial charge in [-0.15, -0.1) is 0 Å². The van der Waals surface area contributed by atoms with Gasteiger partial charge in [-0.3, -0.25) is 0 Å². The van der Waals surface area contributed by atoms with Crippen LogP contribution >= 0.6 is 22.9 Å². The molecule has 44 valence electrons. The average molecular weight is 149 g/mol. The van der Waals surface area contributed by atoms with Gasteiger partial charge in [0.15, 0.2) is 10.5 Å². The molecule has 8 heavy (non-hydrogen) atoms. The normalized spacial score (nSPS) is 9.88. The van der Waals surface area contributed by atoms with Gasteiger partial charge in [0.25, 0.3) is 0 Å². The molecule has 0 unspecified atom stereocenters. The van der Waals surface area contributed by atoms with E-state index in [1.165, 1.54) is 5.01 Å². The maximum atomic E-state index is 5.66. The molecular formula is C5H7ClNS+. The zero-order valence-electron chi connectivity index (χ0n) is 4.81. The maximum Gasteiger partial charge on any atom is 0.235 e. The smallest absolute Gasteiger partial charge is 0.194 e. The molecule has 0 atom stereocenters. The Hall–Kier alpha value is -0.0800. The van der Waals surface area contributed by atoms with E-state index in [2.05, 4.69) is 0 Å². The Kier molecular flexibility index (Phi) is 1.54. The molecule has 1 rings (SSSR count). The van der Waals surface area contributed by atoms with E-state index in [0.29, 0.717) is 0 Å². The predicted octanol–water partition coefficient (Wildman–Crippen LogP) is 1.53. The van der Waals surface area contributed by atoms with Crippen LogP contribution in [0.25, 0.3) is 0 Å². The van der Waals surface area contributed by atoms with Gasteiger partial charge < -0.3 is 0 Å². The van der Waals surface area contributed by atoms with Crippen LogP contribution in [0.4, 0.5) is 0 Å². The fourth-order valence-corrected chi connectivity index (χ4v) is 1.65. The van der Waals surface area contributed by atoms with E-state index >= 15 is 0 Å². The lowest BCUT2D eigenvalue weighted by Gasteiger charge is -1.73. The van der Waals surface area contributed by atoms with Crippen molar-refractivity contribution in [1.29, 1.82) is 0 Å².